The number of aromatic nitrogens is 4. The van der Waals surface area contributed by atoms with E-state index in [2.05, 4.69) is 33.5 Å². The molecular weight excluding hydrogens is 418 g/mol. The molecule has 0 aliphatic carbocycles. The molecule has 0 radical (unpaired) electrons. The second-order valence-corrected chi connectivity index (χ2v) is 8.53. The first kappa shape index (κ1) is 20.4. The van der Waals surface area contributed by atoms with Crippen molar-refractivity contribution in [2.24, 2.45) is 0 Å². The SMILES string of the molecule is CCn1c(SCC(=O)Nc2nc3ccc(OC)cc3s2)nnc1-c1ccccc1C. The number of fused-ring (bicyclic) bond motifs is 1. The molecule has 2 aromatic carbocycles. The van der Waals surface area contributed by atoms with Gasteiger partial charge in [0, 0.05) is 12.1 Å². The van der Waals surface area contributed by atoms with Gasteiger partial charge >= 0.3 is 0 Å². The van der Waals surface area contributed by atoms with Crippen molar-refractivity contribution in [3.8, 4) is 17.1 Å². The fourth-order valence-electron chi connectivity index (χ4n) is 3.07. The molecule has 154 valence electrons. The third-order valence-corrected chi connectivity index (χ3v) is 6.49. The number of benzene rings is 2. The number of aryl methyl sites for hydroxylation is 1. The van der Waals surface area contributed by atoms with Crippen molar-refractivity contribution in [3.05, 3.63) is 48.0 Å². The molecule has 0 unspecified atom stereocenters. The lowest BCUT2D eigenvalue weighted by atomic mass is 10.1. The number of hydrogen-bond acceptors (Lipinski definition) is 7. The van der Waals surface area contributed by atoms with Crippen LogP contribution in [0.3, 0.4) is 0 Å². The van der Waals surface area contributed by atoms with Crippen LogP contribution in [0.5, 0.6) is 5.75 Å². The maximum Gasteiger partial charge on any atom is 0.236 e. The summed E-state index contributed by atoms with van der Waals surface area (Å²) in [4.78, 5) is 16.9. The van der Waals surface area contributed by atoms with Crippen LogP contribution >= 0.6 is 23.1 Å². The molecule has 0 bridgehead atoms. The number of hydrogen-bond donors (Lipinski definition) is 1. The van der Waals surface area contributed by atoms with E-state index >= 15 is 0 Å². The van der Waals surface area contributed by atoms with Crippen molar-refractivity contribution < 1.29 is 9.53 Å². The van der Waals surface area contributed by atoms with Gasteiger partial charge in [-0.25, -0.2) is 4.98 Å². The van der Waals surface area contributed by atoms with Crippen molar-refractivity contribution in [3.63, 3.8) is 0 Å². The molecule has 0 aliphatic heterocycles. The molecular formula is C21H21N5O2S2. The Bertz CT molecular complexity index is 1200. The number of carbonyl (C=O) groups excluding carboxylic acids is 1. The van der Waals surface area contributed by atoms with Crippen LogP contribution in [-0.2, 0) is 11.3 Å². The van der Waals surface area contributed by atoms with E-state index in [1.54, 1.807) is 7.11 Å². The number of thiazole rings is 1. The van der Waals surface area contributed by atoms with Crippen molar-refractivity contribution in [1.82, 2.24) is 19.7 Å². The largest absolute Gasteiger partial charge is 0.497 e. The number of rotatable bonds is 7. The molecule has 2 heterocycles. The Morgan fingerprint density at radius 2 is 2.07 bits per heavy atom. The Labute approximate surface area is 182 Å². The van der Waals surface area contributed by atoms with Gasteiger partial charge in [-0.15, -0.1) is 10.2 Å². The number of carbonyl (C=O) groups is 1. The lowest BCUT2D eigenvalue weighted by Gasteiger charge is -2.09. The molecule has 7 nitrogen and oxygen atoms in total. The molecule has 2 aromatic heterocycles. The van der Waals surface area contributed by atoms with Crippen LogP contribution in [-0.4, -0.2) is 38.5 Å². The van der Waals surface area contributed by atoms with Crippen molar-refractivity contribution in [2.45, 2.75) is 25.5 Å². The van der Waals surface area contributed by atoms with E-state index in [9.17, 15) is 4.79 Å². The minimum absolute atomic E-state index is 0.130. The summed E-state index contributed by atoms with van der Waals surface area (Å²) in [6.07, 6.45) is 0. The zero-order valence-corrected chi connectivity index (χ0v) is 18.5. The standard InChI is InChI=1S/C21H21N5O2S2/c1-4-26-19(15-8-6-5-7-13(15)2)24-25-21(26)29-12-18(27)23-20-22-16-10-9-14(28-3)11-17(16)30-20/h5-11H,4,12H2,1-3H3,(H,22,23,27). The average molecular weight is 440 g/mol. The smallest absolute Gasteiger partial charge is 0.236 e. The summed E-state index contributed by atoms with van der Waals surface area (Å²) >= 11 is 2.79. The summed E-state index contributed by atoms with van der Waals surface area (Å²) in [5, 5.41) is 12.8. The molecule has 0 fully saturated rings. The normalized spacial score (nSPS) is 11.0. The minimum Gasteiger partial charge on any atom is -0.497 e. The van der Waals surface area contributed by atoms with E-state index in [0.29, 0.717) is 5.13 Å². The third kappa shape index (κ3) is 4.17. The maximum atomic E-state index is 12.5. The molecule has 1 N–H and O–H groups in total. The first-order chi connectivity index (χ1) is 14.6. The van der Waals surface area contributed by atoms with E-state index in [-0.39, 0.29) is 11.7 Å². The summed E-state index contributed by atoms with van der Waals surface area (Å²) in [7, 11) is 1.63. The lowest BCUT2D eigenvalue weighted by Crippen LogP contribution is -2.14. The van der Waals surface area contributed by atoms with E-state index in [1.165, 1.54) is 23.1 Å². The maximum absolute atomic E-state index is 12.5. The Morgan fingerprint density at radius 1 is 1.23 bits per heavy atom. The second-order valence-electron chi connectivity index (χ2n) is 6.55. The molecule has 30 heavy (non-hydrogen) atoms. The van der Waals surface area contributed by atoms with Crippen LogP contribution < -0.4 is 10.1 Å². The van der Waals surface area contributed by atoms with Crippen molar-refractivity contribution in [2.75, 3.05) is 18.2 Å². The Balaban J connectivity index is 1.45. The van der Waals surface area contributed by atoms with Gasteiger partial charge in [0.2, 0.25) is 5.91 Å². The fourth-order valence-corrected chi connectivity index (χ4v) is 4.79. The van der Waals surface area contributed by atoms with Crippen LogP contribution in [0.25, 0.3) is 21.6 Å². The number of methoxy groups -OCH3 is 1. The fraction of sp³-hybridized carbons (Fsp3) is 0.238. The van der Waals surface area contributed by atoms with Gasteiger partial charge in [0.1, 0.15) is 5.75 Å². The Morgan fingerprint density at radius 3 is 2.83 bits per heavy atom. The molecule has 4 rings (SSSR count). The highest BCUT2D eigenvalue weighted by atomic mass is 32.2. The molecule has 0 atom stereocenters. The van der Waals surface area contributed by atoms with E-state index < -0.39 is 0 Å². The van der Waals surface area contributed by atoms with Crippen molar-refractivity contribution in [1.29, 1.82) is 0 Å². The summed E-state index contributed by atoms with van der Waals surface area (Å²) < 4.78 is 8.23. The highest BCUT2D eigenvalue weighted by Crippen LogP contribution is 2.30. The summed E-state index contributed by atoms with van der Waals surface area (Å²) in [5.41, 5.74) is 3.02. The first-order valence-electron chi connectivity index (χ1n) is 9.45. The van der Waals surface area contributed by atoms with Gasteiger partial charge in [-0.2, -0.15) is 0 Å². The minimum atomic E-state index is -0.130. The van der Waals surface area contributed by atoms with Gasteiger partial charge in [-0.3, -0.25) is 4.79 Å². The summed E-state index contributed by atoms with van der Waals surface area (Å²) in [6.45, 7) is 4.82. The highest BCUT2D eigenvalue weighted by molar-refractivity contribution is 7.99. The zero-order chi connectivity index (χ0) is 21.1. The van der Waals surface area contributed by atoms with Crippen LogP contribution in [0.1, 0.15) is 12.5 Å². The lowest BCUT2D eigenvalue weighted by molar-refractivity contribution is -0.113. The number of ether oxygens (including phenoxy) is 1. The Kier molecular flexibility index (Phi) is 6.01. The van der Waals surface area contributed by atoms with Crippen molar-refractivity contribution >= 4 is 44.4 Å². The van der Waals surface area contributed by atoms with Crippen LogP contribution in [0.15, 0.2) is 47.6 Å². The van der Waals surface area contributed by atoms with Gasteiger partial charge in [-0.05, 0) is 37.6 Å². The monoisotopic (exact) mass is 439 g/mol. The van der Waals surface area contributed by atoms with Gasteiger partial charge in [0.05, 0.1) is 23.1 Å². The molecule has 0 spiro atoms. The van der Waals surface area contributed by atoms with E-state index in [1.807, 2.05) is 47.9 Å². The third-order valence-electron chi connectivity index (χ3n) is 4.59. The number of amides is 1. The summed E-state index contributed by atoms with van der Waals surface area (Å²) in [5.74, 6) is 1.68. The topological polar surface area (TPSA) is 81.9 Å². The number of nitrogens with zero attached hydrogens (tertiary/aromatic N) is 4. The van der Waals surface area contributed by atoms with Gasteiger partial charge in [0.25, 0.3) is 0 Å². The molecule has 1 amide bonds. The molecule has 4 aromatic rings. The van der Waals surface area contributed by atoms with Gasteiger partial charge in [-0.1, -0.05) is 47.4 Å². The van der Waals surface area contributed by atoms with E-state index in [4.69, 9.17) is 4.74 Å². The molecule has 0 saturated heterocycles. The average Bonchev–Trinajstić information content (AvgIpc) is 3.34. The van der Waals surface area contributed by atoms with Crippen LogP contribution in [0.2, 0.25) is 0 Å². The molecule has 9 heteroatoms. The number of nitrogens with one attached hydrogen (secondary N) is 1. The van der Waals surface area contributed by atoms with E-state index in [0.717, 1.165) is 44.6 Å². The Hall–Kier alpha value is -2.91. The predicted octanol–water partition coefficient (Wildman–Crippen LogP) is 4.62. The van der Waals surface area contributed by atoms with Gasteiger partial charge in [0.15, 0.2) is 16.1 Å². The molecule has 0 aliphatic rings. The number of thioether (sulfide) groups is 1. The predicted molar refractivity (Wildman–Crippen MR) is 121 cm³/mol. The highest BCUT2D eigenvalue weighted by Gasteiger charge is 2.16. The van der Waals surface area contributed by atoms with Crippen LogP contribution in [0, 0.1) is 6.92 Å². The van der Waals surface area contributed by atoms with Gasteiger partial charge < -0.3 is 14.6 Å². The van der Waals surface area contributed by atoms with Crippen LogP contribution in [0.4, 0.5) is 5.13 Å². The molecule has 0 saturated carbocycles. The number of anilines is 1. The first-order valence-corrected chi connectivity index (χ1v) is 11.3. The second kappa shape index (κ2) is 8.85. The zero-order valence-electron chi connectivity index (χ0n) is 16.9. The quantitative estimate of drug-likeness (QED) is 0.423. The summed E-state index contributed by atoms with van der Waals surface area (Å²) in [6, 6.07) is 13.7.